The van der Waals surface area contributed by atoms with Crippen LogP contribution in [0.1, 0.15) is 32.8 Å². The molecule has 0 spiro atoms. The Balaban J connectivity index is 2.17. The number of benzene rings is 2. The van der Waals surface area contributed by atoms with Crippen molar-refractivity contribution in [3.05, 3.63) is 62.7 Å². The highest BCUT2D eigenvalue weighted by molar-refractivity contribution is 14.1. The molecule has 0 aliphatic rings. The van der Waals surface area contributed by atoms with Gasteiger partial charge in [-0.3, -0.25) is 9.59 Å². The first-order chi connectivity index (χ1) is 14.3. The Morgan fingerprint density at radius 1 is 1.10 bits per heavy atom. The first-order valence-electron chi connectivity index (χ1n) is 10.00. The summed E-state index contributed by atoms with van der Waals surface area (Å²) < 4.78 is 6.77. The van der Waals surface area contributed by atoms with Gasteiger partial charge in [0.25, 0.3) is 5.91 Å². The van der Waals surface area contributed by atoms with Gasteiger partial charge in [-0.25, -0.2) is 0 Å². The van der Waals surface area contributed by atoms with Crippen molar-refractivity contribution in [3.8, 4) is 5.75 Å². The maximum Gasteiger partial charge on any atom is 0.261 e. The van der Waals surface area contributed by atoms with E-state index in [1.54, 1.807) is 17.0 Å². The van der Waals surface area contributed by atoms with E-state index in [4.69, 9.17) is 16.3 Å². The van der Waals surface area contributed by atoms with Gasteiger partial charge in [0.2, 0.25) is 5.91 Å². The molecule has 0 fully saturated rings. The first kappa shape index (κ1) is 24.5. The third-order valence-electron chi connectivity index (χ3n) is 4.51. The molecule has 0 aliphatic carbocycles. The number of hydrogen-bond donors (Lipinski definition) is 1. The van der Waals surface area contributed by atoms with Gasteiger partial charge in [0.05, 0.1) is 0 Å². The second kappa shape index (κ2) is 12.2. The monoisotopic (exact) mass is 542 g/mol. The number of ether oxygens (including phenoxy) is 1. The lowest BCUT2D eigenvalue weighted by atomic mass is 10.1. The summed E-state index contributed by atoms with van der Waals surface area (Å²) in [5.41, 5.74) is 0.900. The van der Waals surface area contributed by atoms with Crippen LogP contribution in [0.5, 0.6) is 5.75 Å². The molecular weight excluding hydrogens is 515 g/mol. The van der Waals surface area contributed by atoms with Crippen molar-refractivity contribution in [1.82, 2.24) is 10.2 Å². The minimum Gasteiger partial charge on any atom is -0.484 e. The van der Waals surface area contributed by atoms with E-state index in [1.807, 2.05) is 57.2 Å². The smallest absolute Gasteiger partial charge is 0.261 e. The van der Waals surface area contributed by atoms with Crippen molar-refractivity contribution in [2.45, 2.75) is 39.8 Å². The highest BCUT2D eigenvalue weighted by Crippen LogP contribution is 2.17. The third kappa shape index (κ3) is 7.80. The van der Waals surface area contributed by atoms with Crippen molar-refractivity contribution in [3.63, 3.8) is 0 Å². The number of nitrogens with zero attached hydrogens (tertiary/aromatic N) is 1. The number of nitrogens with one attached hydrogen (secondary N) is 1. The van der Waals surface area contributed by atoms with E-state index in [0.29, 0.717) is 36.2 Å². The summed E-state index contributed by atoms with van der Waals surface area (Å²) in [7, 11) is 0. The fourth-order valence-electron chi connectivity index (χ4n) is 2.89. The Morgan fingerprint density at radius 3 is 2.30 bits per heavy atom. The van der Waals surface area contributed by atoms with Gasteiger partial charge < -0.3 is 15.0 Å². The van der Waals surface area contributed by atoms with Crippen molar-refractivity contribution in [1.29, 1.82) is 0 Å². The Bertz CT molecular complexity index is 825. The average molecular weight is 543 g/mol. The lowest BCUT2D eigenvalue weighted by Gasteiger charge is -2.30. The van der Waals surface area contributed by atoms with Crippen LogP contribution in [0.15, 0.2) is 48.5 Å². The maximum absolute atomic E-state index is 13.1. The standard InChI is InChI=1S/C23H28ClIN2O3/c1-4-21(23(29)26-13-16(2)3)27(14-17-5-7-18(24)8-6-17)22(28)15-30-20-11-9-19(25)10-12-20/h5-12,16,21H,4,13-15H2,1-3H3,(H,26,29)/t21-/m1/s1. The number of hydrogen-bond acceptors (Lipinski definition) is 3. The molecule has 2 aromatic rings. The van der Waals surface area contributed by atoms with E-state index in [9.17, 15) is 9.59 Å². The van der Waals surface area contributed by atoms with E-state index in [-0.39, 0.29) is 18.4 Å². The van der Waals surface area contributed by atoms with Gasteiger partial charge in [0.1, 0.15) is 11.8 Å². The third-order valence-corrected chi connectivity index (χ3v) is 5.48. The summed E-state index contributed by atoms with van der Waals surface area (Å²) in [5, 5.41) is 3.57. The minimum atomic E-state index is -0.577. The van der Waals surface area contributed by atoms with E-state index >= 15 is 0 Å². The number of carbonyl (C=O) groups is 2. The molecule has 2 amide bonds. The molecule has 30 heavy (non-hydrogen) atoms. The molecule has 7 heteroatoms. The topological polar surface area (TPSA) is 58.6 Å². The number of carbonyl (C=O) groups excluding carboxylic acids is 2. The largest absolute Gasteiger partial charge is 0.484 e. The van der Waals surface area contributed by atoms with E-state index < -0.39 is 6.04 Å². The molecule has 0 aromatic heterocycles. The van der Waals surface area contributed by atoms with Crippen molar-refractivity contribution < 1.29 is 14.3 Å². The van der Waals surface area contributed by atoms with Crippen molar-refractivity contribution in [2.75, 3.05) is 13.2 Å². The van der Waals surface area contributed by atoms with Crippen LogP contribution in [0.3, 0.4) is 0 Å². The summed E-state index contributed by atoms with van der Waals surface area (Å²) in [4.78, 5) is 27.5. The quantitative estimate of drug-likeness (QED) is 0.435. The molecule has 2 aromatic carbocycles. The summed E-state index contributed by atoms with van der Waals surface area (Å²) in [6.45, 7) is 6.71. The number of amides is 2. The zero-order chi connectivity index (χ0) is 22.1. The second-order valence-electron chi connectivity index (χ2n) is 7.45. The van der Waals surface area contributed by atoms with E-state index in [1.165, 1.54) is 0 Å². The summed E-state index contributed by atoms with van der Waals surface area (Å²) in [6.07, 6.45) is 0.507. The summed E-state index contributed by atoms with van der Waals surface area (Å²) in [5.74, 6) is 0.557. The van der Waals surface area contributed by atoms with Crippen LogP contribution in [0.2, 0.25) is 5.02 Å². The van der Waals surface area contributed by atoms with E-state index in [2.05, 4.69) is 27.9 Å². The van der Waals surface area contributed by atoms with Gasteiger partial charge in [-0.2, -0.15) is 0 Å². The fraction of sp³-hybridized carbons (Fsp3) is 0.391. The average Bonchev–Trinajstić information content (AvgIpc) is 2.72. The zero-order valence-electron chi connectivity index (χ0n) is 17.5. The molecule has 0 radical (unpaired) electrons. The summed E-state index contributed by atoms with van der Waals surface area (Å²) >= 11 is 8.20. The summed E-state index contributed by atoms with van der Waals surface area (Å²) in [6, 6.07) is 14.2. The van der Waals surface area contributed by atoms with Crippen LogP contribution in [-0.4, -0.2) is 35.9 Å². The van der Waals surface area contributed by atoms with Gasteiger partial charge in [-0.1, -0.05) is 44.5 Å². The van der Waals surface area contributed by atoms with Crippen LogP contribution in [-0.2, 0) is 16.1 Å². The molecule has 0 saturated carbocycles. The van der Waals surface area contributed by atoms with Crippen LogP contribution in [0.25, 0.3) is 0 Å². The number of rotatable bonds is 10. The fourth-order valence-corrected chi connectivity index (χ4v) is 3.37. The van der Waals surface area contributed by atoms with E-state index in [0.717, 1.165) is 9.13 Å². The molecule has 1 atom stereocenters. The van der Waals surface area contributed by atoms with Crippen LogP contribution in [0.4, 0.5) is 0 Å². The van der Waals surface area contributed by atoms with Gasteiger partial charge in [0, 0.05) is 21.7 Å². The Labute approximate surface area is 197 Å². The maximum atomic E-state index is 13.1. The van der Waals surface area contributed by atoms with Gasteiger partial charge >= 0.3 is 0 Å². The SMILES string of the molecule is CC[C@H](C(=O)NCC(C)C)N(Cc1ccc(Cl)cc1)C(=O)COc1ccc(I)cc1. The highest BCUT2D eigenvalue weighted by atomic mass is 127. The van der Waals surface area contributed by atoms with Crippen LogP contribution < -0.4 is 10.1 Å². The molecule has 0 saturated heterocycles. The van der Waals surface area contributed by atoms with Crippen LogP contribution >= 0.6 is 34.2 Å². The molecule has 0 aliphatic heterocycles. The second-order valence-corrected chi connectivity index (χ2v) is 9.14. The van der Waals surface area contributed by atoms with Crippen molar-refractivity contribution in [2.24, 2.45) is 5.92 Å². The predicted octanol–water partition coefficient (Wildman–Crippen LogP) is 4.90. The molecule has 2 rings (SSSR count). The molecular formula is C23H28ClIN2O3. The van der Waals surface area contributed by atoms with Crippen LogP contribution in [0, 0.1) is 9.49 Å². The van der Waals surface area contributed by atoms with Gasteiger partial charge in [-0.05, 0) is 76.9 Å². The molecule has 0 heterocycles. The Hall–Kier alpha value is -1.80. The minimum absolute atomic E-state index is 0.137. The molecule has 0 bridgehead atoms. The Kier molecular flexibility index (Phi) is 9.91. The lowest BCUT2D eigenvalue weighted by molar-refractivity contribution is -0.143. The number of halogens is 2. The molecule has 162 valence electrons. The zero-order valence-corrected chi connectivity index (χ0v) is 20.4. The Morgan fingerprint density at radius 2 is 1.73 bits per heavy atom. The predicted molar refractivity (Wildman–Crippen MR) is 129 cm³/mol. The van der Waals surface area contributed by atoms with Crippen molar-refractivity contribution >= 4 is 46.0 Å². The molecule has 1 N–H and O–H groups in total. The highest BCUT2D eigenvalue weighted by Gasteiger charge is 2.29. The molecule has 0 unspecified atom stereocenters. The molecule has 5 nitrogen and oxygen atoms in total. The first-order valence-corrected chi connectivity index (χ1v) is 11.5. The van der Waals surface area contributed by atoms with Gasteiger partial charge in [-0.15, -0.1) is 0 Å². The lowest BCUT2D eigenvalue weighted by Crippen LogP contribution is -2.50. The normalized spacial score (nSPS) is 11.8. The van der Waals surface area contributed by atoms with Gasteiger partial charge in [0.15, 0.2) is 6.61 Å².